The third kappa shape index (κ3) is 7.14. The average molecular weight is 589 g/mol. The fourth-order valence-electron chi connectivity index (χ4n) is 5.02. The van der Waals surface area contributed by atoms with E-state index < -0.39 is 18.4 Å². The maximum absolute atomic E-state index is 12.9. The topological polar surface area (TPSA) is 35.8 Å². The fourth-order valence-corrected chi connectivity index (χ4v) is 21.5. The average Bonchev–Trinajstić information content (AvgIpc) is 3.32. The molecule has 0 saturated carbocycles. The van der Waals surface area contributed by atoms with E-state index in [2.05, 4.69) is 45.2 Å². The van der Waals surface area contributed by atoms with E-state index in [1.54, 1.807) is 7.11 Å². The molecule has 0 amide bonds. The number of rotatable bonds is 16. The van der Waals surface area contributed by atoms with Gasteiger partial charge < -0.3 is 0 Å². The van der Waals surface area contributed by atoms with Gasteiger partial charge in [0.1, 0.15) is 0 Å². The number of pyridine rings is 1. The summed E-state index contributed by atoms with van der Waals surface area (Å²) in [4.78, 5) is 4.91. The molecular weight excluding hydrogens is 546 g/mol. The summed E-state index contributed by atoms with van der Waals surface area (Å²) in [5, 5.41) is 0. The van der Waals surface area contributed by atoms with Gasteiger partial charge in [-0.3, -0.25) is 0 Å². The summed E-state index contributed by atoms with van der Waals surface area (Å²) in [5.74, 6) is 1.82. The quantitative estimate of drug-likeness (QED) is 0.126. The van der Waals surface area contributed by atoms with Crippen LogP contribution in [0.1, 0.15) is 65.7 Å². The van der Waals surface area contributed by atoms with Gasteiger partial charge in [-0.15, -0.1) is 0 Å². The van der Waals surface area contributed by atoms with E-state index >= 15 is 0 Å². The van der Waals surface area contributed by atoms with Crippen LogP contribution < -0.4 is 13.1 Å². The van der Waals surface area contributed by atoms with Crippen LogP contribution in [-0.2, 0) is 0 Å². The molecule has 0 saturated heterocycles. The molecular formula is C29H43FN2O2Sn. The van der Waals surface area contributed by atoms with E-state index in [1.807, 2.05) is 22.7 Å². The molecule has 0 N–H and O–H groups in total. The van der Waals surface area contributed by atoms with Crippen LogP contribution in [0.5, 0.6) is 11.5 Å². The third-order valence-corrected chi connectivity index (χ3v) is 22.7. The Morgan fingerprint density at radius 2 is 1.57 bits per heavy atom. The Balaban J connectivity index is 2.12. The number of halogens is 1. The van der Waals surface area contributed by atoms with Gasteiger partial charge in [-0.25, -0.2) is 0 Å². The molecule has 0 unspecified atom stereocenters. The first-order chi connectivity index (χ1) is 17.1. The number of methoxy groups -OCH3 is 1. The van der Waals surface area contributed by atoms with Crippen molar-refractivity contribution in [2.24, 2.45) is 0 Å². The van der Waals surface area contributed by atoms with E-state index in [0.29, 0.717) is 13.0 Å². The van der Waals surface area contributed by atoms with Gasteiger partial charge in [0.05, 0.1) is 0 Å². The molecule has 0 aliphatic heterocycles. The van der Waals surface area contributed by atoms with Crippen LogP contribution in [0, 0.1) is 0 Å². The van der Waals surface area contributed by atoms with Gasteiger partial charge in [0.15, 0.2) is 0 Å². The Morgan fingerprint density at radius 3 is 2.17 bits per heavy atom. The number of imidazole rings is 1. The van der Waals surface area contributed by atoms with Crippen molar-refractivity contribution in [3.8, 4) is 22.8 Å². The molecule has 2 aromatic heterocycles. The summed E-state index contributed by atoms with van der Waals surface area (Å²) in [7, 11) is 1.68. The van der Waals surface area contributed by atoms with Crippen LogP contribution in [-0.4, -0.2) is 48.2 Å². The van der Waals surface area contributed by atoms with Crippen LogP contribution in [0.15, 0.2) is 42.7 Å². The van der Waals surface area contributed by atoms with Crippen LogP contribution in [0.25, 0.3) is 16.9 Å². The van der Waals surface area contributed by atoms with Crippen LogP contribution in [0.2, 0.25) is 13.3 Å². The minimum absolute atomic E-state index is 0.339. The summed E-state index contributed by atoms with van der Waals surface area (Å²) in [6.07, 6.45) is 12.0. The number of hydrogen-bond acceptors (Lipinski definition) is 3. The Hall–Kier alpha value is -1.76. The van der Waals surface area contributed by atoms with Crippen molar-refractivity contribution in [1.82, 2.24) is 9.38 Å². The Labute approximate surface area is 215 Å². The predicted octanol–water partition coefficient (Wildman–Crippen LogP) is 7.80. The van der Waals surface area contributed by atoms with Gasteiger partial charge in [0, 0.05) is 0 Å². The van der Waals surface area contributed by atoms with Crippen LogP contribution in [0.4, 0.5) is 4.39 Å². The van der Waals surface area contributed by atoms with Crippen molar-refractivity contribution in [1.29, 1.82) is 0 Å². The van der Waals surface area contributed by atoms with E-state index in [-0.39, 0.29) is 6.67 Å². The molecule has 192 valence electrons. The summed E-state index contributed by atoms with van der Waals surface area (Å²) in [6.45, 7) is 7.01. The molecule has 0 fully saturated rings. The van der Waals surface area contributed by atoms with Crippen molar-refractivity contribution in [3.63, 3.8) is 0 Å². The third-order valence-electron chi connectivity index (χ3n) is 7.07. The molecule has 1 aromatic carbocycles. The number of aromatic nitrogens is 2. The molecule has 0 aliphatic carbocycles. The van der Waals surface area contributed by atoms with Gasteiger partial charge in [-0.1, -0.05) is 0 Å². The Morgan fingerprint density at radius 1 is 0.886 bits per heavy atom. The number of benzene rings is 1. The first-order valence-electron chi connectivity index (χ1n) is 13.5. The second kappa shape index (κ2) is 14.1. The summed E-state index contributed by atoms with van der Waals surface area (Å²) < 4.78 is 32.1. The number of unbranched alkanes of at least 4 members (excludes halogenated alkanes) is 3. The Kier molecular flexibility index (Phi) is 11.2. The SMILES string of the molecule is CCC[CH2][Sn]([CH2]CCC)([CH2]CCC)[c]1cc(-c2cn3cc(OC)ccc3n2)ccc1OCCCF. The van der Waals surface area contributed by atoms with E-state index in [9.17, 15) is 4.39 Å². The van der Waals surface area contributed by atoms with Crippen molar-refractivity contribution in [3.05, 3.63) is 42.7 Å². The van der Waals surface area contributed by atoms with E-state index in [1.165, 1.54) is 55.4 Å². The molecule has 0 aliphatic rings. The van der Waals surface area contributed by atoms with Crippen molar-refractivity contribution >= 4 is 27.6 Å². The summed E-state index contributed by atoms with van der Waals surface area (Å²) >= 11 is -2.80. The first kappa shape index (κ1) is 27.8. The zero-order valence-electron chi connectivity index (χ0n) is 22.1. The van der Waals surface area contributed by atoms with Gasteiger partial charge in [0.2, 0.25) is 0 Å². The number of ether oxygens (including phenoxy) is 2. The molecule has 3 aromatic rings. The summed E-state index contributed by atoms with van der Waals surface area (Å²) in [5.41, 5.74) is 3.02. The number of nitrogens with zero attached hydrogens (tertiary/aromatic N) is 2. The molecule has 3 rings (SSSR count). The second-order valence-corrected chi connectivity index (χ2v) is 22.8. The molecule has 4 nitrogen and oxygen atoms in total. The van der Waals surface area contributed by atoms with Gasteiger partial charge in [-0.05, 0) is 0 Å². The van der Waals surface area contributed by atoms with E-state index in [0.717, 1.165) is 28.4 Å². The molecule has 0 atom stereocenters. The van der Waals surface area contributed by atoms with Crippen molar-refractivity contribution in [2.75, 3.05) is 20.4 Å². The molecule has 35 heavy (non-hydrogen) atoms. The minimum atomic E-state index is -2.80. The molecule has 2 heterocycles. The molecule has 0 radical (unpaired) electrons. The number of hydrogen-bond donors (Lipinski definition) is 0. The monoisotopic (exact) mass is 590 g/mol. The van der Waals surface area contributed by atoms with Gasteiger partial charge in [0.25, 0.3) is 0 Å². The Bertz CT molecular complexity index is 1030. The zero-order chi connectivity index (χ0) is 25.1. The normalized spacial score (nSPS) is 11.8. The number of alkyl halides is 1. The maximum atomic E-state index is 12.9. The number of fused-ring (bicyclic) bond motifs is 1. The molecule has 0 spiro atoms. The second-order valence-electron chi connectivity index (χ2n) is 9.65. The van der Waals surface area contributed by atoms with Gasteiger partial charge in [-0.2, -0.15) is 0 Å². The molecule has 6 heteroatoms. The molecule has 0 bridgehead atoms. The van der Waals surface area contributed by atoms with Crippen LogP contribution in [0.3, 0.4) is 0 Å². The zero-order valence-corrected chi connectivity index (χ0v) is 25.0. The summed E-state index contributed by atoms with van der Waals surface area (Å²) in [6, 6.07) is 10.6. The van der Waals surface area contributed by atoms with Gasteiger partial charge >= 0.3 is 216 Å². The van der Waals surface area contributed by atoms with E-state index in [4.69, 9.17) is 14.5 Å². The van der Waals surface area contributed by atoms with Crippen LogP contribution >= 0.6 is 0 Å². The van der Waals surface area contributed by atoms with Crippen molar-refractivity contribution in [2.45, 2.75) is 79.0 Å². The van der Waals surface area contributed by atoms with Crippen molar-refractivity contribution < 1.29 is 13.9 Å². The fraction of sp³-hybridized carbons (Fsp3) is 0.552. The standard InChI is InChI=1S/C17H16FN2O2.3C4H9.Sn/c1-21-15-7-8-17-19-16(12-20(17)11-15)13-3-5-14(6-4-13)22-10-2-9-18;3*1-3-4-2;/h3-5,7-8,11-12H,2,9-10H2,1H3;3*1,3-4H2,2H3;. The predicted molar refractivity (Wildman–Crippen MR) is 148 cm³/mol. The first-order valence-corrected chi connectivity index (χ1v) is 20.9.